The van der Waals surface area contributed by atoms with Crippen LogP contribution in [0.2, 0.25) is 0 Å². The molecule has 0 saturated heterocycles. The molecule has 1 N–H and O–H groups in total. The number of hydrogen-bond donors (Lipinski definition) is 1. The summed E-state index contributed by atoms with van der Waals surface area (Å²) in [5.41, 5.74) is 0. The van der Waals surface area contributed by atoms with Crippen LogP contribution in [0.15, 0.2) is 0 Å². The first kappa shape index (κ1) is 13.4. The molecule has 0 heterocycles. The molecule has 0 radical (unpaired) electrons. The van der Waals surface area contributed by atoms with Crippen LogP contribution in [0.3, 0.4) is 0 Å². The number of carbonyl (C=O) groups is 2. The summed E-state index contributed by atoms with van der Waals surface area (Å²) in [5, 5.41) is 9.28. The summed E-state index contributed by atoms with van der Waals surface area (Å²) < 4.78 is 4.62. The number of ketones is 1. The summed E-state index contributed by atoms with van der Waals surface area (Å²) in [6.45, 7) is 1.96. The van der Waals surface area contributed by atoms with Crippen molar-refractivity contribution in [3.8, 4) is 0 Å². The summed E-state index contributed by atoms with van der Waals surface area (Å²) in [4.78, 5) is 21.9. The average Bonchev–Trinajstić information content (AvgIpc) is 2.03. The Kier molecular flexibility index (Phi) is 7.42. The Morgan fingerprint density at radius 1 is 1.43 bits per heavy atom. The molecule has 0 spiro atoms. The highest BCUT2D eigenvalue weighted by Gasteiger charge is 2.14. The highest BCUT2D eigenvalue weighted by Crippen LogP contribution is 2.03. The molecule has 82 valence electrons. The van der Waals surface area contributed by atoms with Crippen molar-refractivity contribution >= 4 is 23.4 Å². The predicted octanol–water partition coefficient (Wildman–Crippen LogP) is 0.889. The number of hydrogen-bond acceptors (Lipinski definition) is 4. The van der Waals surface area contributed by atoms with Crippen molar-refractivity contribution in [1.29, 1.82) is 0 Å². The predicted molar refractivity (Wildman–Crippen MR) is 52.2 cm³/mol. The van der Waals surface area contributed by atoms with Crippen LogP contribution in [0.4, 0.5) is 0 Å². The highest BCUT2D eigenvalue weighted by atomic mass is 35.5. The fourth-order valence-electron chi connectivity index (χ4n) is 0.955. The topological polar surface area (TPSA) is 63.6 Å². The van der Waals surface area contributed by atoms with E-state index in [9.17, 15) is 14.7 Å². The summed E-state index contributed by atoms with van der Waals surface area (Å²) >= 11 is 5.34. The van der Waals surface area contributed by atoms with Gasteiger partial charge in [-0.15, -0.1) is 11.6 Å². The van der Waals surface area contributed by atoms with Gasteiger partial charge < -0.3 is 9.84 Å². The van der Waals surface area contributed by atoms with E-state index < -0.39 is 12.1 Å². The maximum absolute atomic E-state index is 11.0. The van der Waals surface area contributed by atoms with Crippen LogP contribution >= 0.6 is 11.6 Å². The van der Waals surface area contributed by atoms with Gasteiger partial charge in [0.15, 0.2) is 0 Å². The number of carbonyl (C=O) groups excluding carboxylic acids is 2. The Balaban J connectivity index is 3.68. The maximum atomic E-state index is 11.0. The summed E-state index contributed by atoms with van der Waals surface area (Å²) in [7, 11) is 0. The van der Waals surface area contributed by atoms with Gasteiger partial charge in [0.1, 0.15) is 5.78 Å². The van der Waals surface area contributed by atoms with Gasteiger partial charge >= 0.3 is 5.97 Å². The lowest BCUT2D eigenvalue weighted by Crippen LogP contribution is -2.19. The standard InChI is InChI=1S/C9H15ClO4/c1-2-14-9(13)6-8(12)5-7(11)3-4-10/h8,12H,2-6H2,1H3. The minimum absolute atomic E-state index is 0.0362. The van der Waals surface area contributed by atoms with Gasteiger partial charge in [-0.1, -0.05) is 0 Å². The number of aliphatic hydroxyl groups excluding tert-OH is 1. The van der Waals surface area contributed by atoms with Crippen LogP contribution in [-0.4, -0.2) is 35.4 Å². The van der Waals surface area contributed by atoms with E-state index in [0.29, 0.717) is 0 Å². The molecule has 0 amide bonds. The smallest absolute Gasteiger partial charge is 0.308 e. The lowest BCUT2D eigenvalue weighted by Gasteiger charge is -2.08. The first-order chi connectivity index (χ1) is 6.60. The molecule has 1 unspecified atom stereocenters. The van der Waals surface area contributed by atoms with Crippen molar-refractivity contribution in [2.75, 3.05) is 12.5 Å². The molecule has 4 nitrogen and oxygen atoms in total. The van der Waals surface area contributed by atoms with Gasteiger partial charge in [0.2, 0.25) is 0 Å². The summed E-state index contributed by atoms with van der Waals surface area (Å²) in [5.74, 6) is -0.388. The van der Waals surface area contributed by atoms with Gasteiger partial charge in [-0.3, -0.25) is 9.59 Å². The zero-order valence-electron chi connectivity index (χ0n) is 8.16. The fraction of sp³-hybridized carbons (Fsp3) is 0.778. The molecule has 0 aromatic carbocycles. The molecule has 0 bridgehead atoms. The van der Waals surface area contributed by atoms with Gasteiger partial charge in [0, 0.05) is 18.7 Å². The molecule has 0 aromatic heterocycles. The first-order valence-electron chi connectivity index (χ1n) is 4.51. The number of halogens is 1. The number of alkyl halides is 1. The van der Waals surface area contributed by atoms with Gasteiger partial charge in [-0.25, -0.2) is 0 Å². The quantitative estimate of drug-likeness (QED) is 0.513. The van der Waals surface area contributed by atoms with E-state index in [2.05, 4.69) is 4.74 Å². The molecule has 0 aliphatic carbocycles. The van der Waals surface area contributed by atoms with Gasteiger partial charge in [-0.05, 0) is 6.92 Å². The second kappa shape index (κ2) is 7.76. The lowest BCUT2D eigenvalue weighted by atomic mass is 10.1. The fourth-order valence-corrected chi connectivity index (χ4v) is 1.17. The van der Waals surface area contributed by atoms with E-state index in [1.165, 1.54) is 0 Å². The molecule has 0 saturated carbocycles. The van der Waals surface area contributed by atoms with E-state index in [1.54, 1.807) is 6.92 Å². The van der Waals surface area contributed by atoms with Crippen molar-refractivity contribution in [2.45, 2.75) is 32.3 Å². The Morgan fingerprint density at radius 3 is 2.57 bits per heavy atom. The highest BCUT2D eigenvalue weighted by molar-refractivity contribution is 6.19. The monoisotopic (exact) mass is 222 g/mol. The van der Waals surface area contributed by atoms with Crippen LogP contribution in [-0.2, 0) is 14.3 Å². The number of Topliss-reactive ketones (excluding diaryl/α,β-unsaturated/α-hetero) is 1. The van der Waals surface area contributed by atoms with Crippen molar-refractivity contribution in [3.63, 3.8) is 0 Å². The molecule has 14 heavy (non-hydrogen) atoms. The Morgan fingerprint density at radius 2 is 2.07 bits per heavy atom. The van der Waals surface area contributed by atoms with Crippen LogP contribution in [0.5, 0.6) is 0 Å². The van der Waals surface area contributed by atoms with Gasteiger partial charge in [-0.2, -0.15) is 0 Å². The van der Waals surface area contributed by atoms with Crippen LogP contribution in [0.1, 0.15) is 26.2 Å². The molecule has 1 atom stereocenters. The normalized spacial score (nSPS) is 12.2. The van der Waals surface area contributed by atoms with Crippen LogP contribution in [0.25, 0.3) is 0 Å². The third kappa shape index (κ3) is 6.86. The van der Waals surface area contributed by atoms with Gasteiger partial charge in [0.05, 0.1) is 19.1 Å². The Labute approximate surface area is 88.2 Å². The number of aliphatic hydroxyl groups is 1. The lowest BCUT2D eigenvalue weighted by molar-refractivity contribution is -0.145. The van der Waals surface area contributed by atoms with Crippen molar-refractivity contribution in [2.24, 2.45) is 0 Å². The Hall–Kier alpha value is -0.610. The van der Waals surface area contributed by atoms with E-state index in [1.807, 2.05) is 0 Å². The SMILES string of the molecule is CCOC(=O)CC(O)CC(=O)CCCl. The number of rotatable bonds is 7. The molecular weight excluding hydrogens is 208 g/mol. The minimum atomic E-state index is -0.954. The molecular formula is C9H15ClO4. The average molecular weight is 223 g/mol. The Bertz CT molecular complexity index is 173. The zero-order valence-corrected chi connectivity index (χ0v) is 8.92. The van der Waals surface area contributed by atoms with E-state index in [0.717, 1.165) is 0 Å². The third-order valence-electron chi connectivity index (χ3n) is 1.54. The maximum Gasteiger partial charge on any atom is 0.308 e. The minimum Gasteiger partial charge on any atom is -0.466 e. The van der Waals surface area contributed by atoms with Crippen molar-refractivity contribution in [3.05, 3.63) is 0 Å². The largest absolute Gasteiger partial charge is 0.466 e. The van der Waals surface area contributed by atoms with E-state index >= 15 is 0 Å². The van der Waals surface area contributed by atoms with Crippen LogP contribution in [0, 0.1) is 0 Å². The van der Waals surface area contributed by atoms with Crippen molar-refractivity contribution in [1.82, 2.24) is 0 Å². The molecule has 0 fully saturated rings. The number of esters is 1. The summed E-state index contributed by atoms with van der Waals surface area (Å²) in [6.07, 6.45) is -0.903. The first-order valence-corrected chi connectivity index (χ1v) is 5.05. The molecule has 0 aliphatic rings. The molecule has 0 aliphatic heterocycles. The van der Waals surface area contributed by atoms with E-state index in [4.69, 9.17) is 11.6 Å². The second-order valence-corrected chi connectivity index (χ2v) is 3.22. The molecule has 0 aromatic rings. The second-order valence-electron chi connectivity index (χ2n) is 2.84. The zero-order chi connectivity index (χ0) is 11.0. The molecule has 0 rings (SSSR count). The van der Waals surface area contributed by atoms with E-state index in [-0.39, 0.29) is 37.5 Å². The van der Waals surface area contributed by atoms with Crippen LogP contribution < -0.4 is 0 Å². The summed E-state index contributed by atoms with van der Waals surface area (Å²) in [6, 6.07) is 0. The molecule has 5 heteroatoms. The van der Waals surface area contributed by atoms with Gasteiger partial charge in [0.25, 0.3) is 0 Å². The van der Waals surface area contributed by atoms with Crippen molar-refractivity contribution < 1.29 is 19.4 Å². The third-order valence-corrected chi connectivity index (χ3v) is 1.73. The number of ether oxygens (including phenoxy) is 1.